The number of nitrogens with zero attached hydrogens (tertiary/aromatic N) is 3. The molecule has 0 aliphatic rings. The van der Waals surface area contributed by atoms with Crippen molar-refractivity contribution in [3.05, 3.63) is 71.5 Å². The van der Waals surface area contributed by atoms with E-state index in [2.05, 4.69) is 41.3 Å². The molecule has 1 heterocycles. The van der Waals surface area contributed by atoms with Gasteiger partial charge >= 0.3 is 0 Å². The van der Waals surface area contributed by atoms with Crippen LogP contribution in [0.1, 0.15) is 30.8 Å². The van der Waals surface area contributed by atoms with Crippen LogP contribution in [0.2, 0.25) is 0 Å². The highest BCUT2D eigenvalue weighted by Gasteiger charge is 2.09. The molecule has 0 atom stereocenters. The molecule has 3 aromatic rings. The van der Waals surface area contributed by atoms with Crippen molar-refractivity contribution in [2.75, 3.05) is 7.18 Å². The second-order valence-corrected chi connectivity index (χ2v) is 5.00. The first-order valence-electron chi connectivity index (χ1n) is 8.11. The normalized spacial score (nSPS) is 9.42. The second-order valence-electron chi connectivity index (χ2n) is 5.00. The van der Waals surface area contributed by atoms with Gasteiger partial charge in [0.05, 0.1) is 7.18 Å². The second kappa shape index (κ2) is 10.3. The lowest BCUT2D eigenvalue weighted by Gasteiger charge is -2.01. The monoisotopic (exact) mass is 327 g/mol. The topological polar surface area (TPSA) is 30.7 Å². The van der Waals surface area contributed by atoms with E-state index in [1.54, 1.807) is 0 Å². The molecule has 128 valence electrons. The Kier molecular flexibility index (Phi) is 8.41. The maximum Gasteiger partial charge on any atom is 0.181 e. The van der Waals surface area contributed by atoms with Crippen LogP contribution in [0, 0.1) is 6.92 Å². The van der Waals surface area contributed by atoms with Gasteiger partial charge in [0.1, 0.15) is 5.82 Å². The molecule has 0 aliphatic heterocycles. The molecule has 0 bridgehead atoms. The first-order chi connectivity index (χ1) is 11.7. The number of halogens is 1. The van der Waals surface area contributed by atoms with Crippen LogP contribution in [0.25, 0.3) is 11.4 Å². The van der Waals surface area contributed by atoms with Crippen molar-refractivity contribution in [1.82, 2.24) is 14.8 Å². The van der Waals surface area contributed by atoms with Crippen molar-refractivity contribution in [3.8, 4) is 11.4 Å². The van der Waals surface area contributed by atoms with Gasteiger partial charge < -0.3 is 0 Å². The van der Waals surface area contributed by atoms with Crippen LogP contribution in [-0.2, 0) is 13.5 Å². The number of aromatic nitrogens is 3. The minimum Gasteiger partial charge on any atom is -0.255 e. The number of hydrogen-bond donors (Lipinski definition) is 0. The first-order valence-corrected chi connectivity index (χ1v) is 8.11. The van der Waals surface area contributed by atoms with Gasteiger partial charge in [-0.2, -0.15) is 5.10 Å². The predicted molar refractivity (Wildman–Crippen MR) is 98.8 cm³/mol. The molecule has 3 nitrogen and oxygen atoms in total. The Balaban J connectivity index is 0.000000671. The summed E-state index contributed by atoms with van der Waals surface area (Å²) in [4.78, 5) is 4.65. The maximum atomic E-state index is 9.50. The third-order valence-corrected chi connectivity index (χ3v) is 3.37. The summed E-state index contributed by atoms with van der Waals surface area (Å²) >= 11 is 0. The van der Waals surface area contributed by atoms with Crippen molar-refractivity contribution in [2.24, 2.45) is 7.05 Å². The van der Waals surface area contributed by atoms with E-state index in [4.69, 9.17) is 0 Å². The number of aryl methyl sites for hydroxylation is 2. The summed E-state index contributed by atoms with van der Waals surface area (Å²) in [6.07, 6.45) is 0.802. The average Bonchev–Trinajstić information content (AvgIpc) is 3.02. The van der Waals surface area contributed by atoms with Gasteiger partial charge in [-0.25, -0.2) is 4.98 Å². The Labute approximate surface area is 144 Å². The molecule has 4 heteroatoms. The highest BCUT2D eigenvalue weighted by atomic mass is 19.1. The van der Waals surface area contributed by atoms with E-state index in [1.165, 1.54) is 11.1 Å². The van der Waals surface area contributed by atoms with Crippen molar-refractivity contribution >= 4 is 0 Å². The smallest absolute Gasteiger partial charge is 0.181 e. The number of benzene rings is 2. The number of rotatable bonds is 3. The summed E-state index contributed by atoms with van der Waals surface area (Å²) in [5, 5.41) is 4.50. The SMILES string of the molecule is CC.CF.Cc1ccc(Cc2nc(-c3ccccc3)nn2C)cc1. The Morgan fingerprint density at radius 2 is 1.50 bits per heavy atom. The molecule has 0 saturated carbocycles. The lowest BCUT2D eigenvalue weighted by molar-refractivity contribution is 0.636. The quantitative estimate of drug-likeness (QED) is 0.678. The van der Waals surface area contributed by atoms with E-state index in [0.29, 0.717) is 7.18 Å². The zero-order valence-electron chi connectivity index (χ0n) is 15.1. The maximum absolute atomic E-state index is 9.50. The molecular formula is C20H26FN3. The number of alkyl halides is 1. The predicted octanol–water partition coefficient (Wildman–Crippen LogP) is 4.99. The fraction of sp³-hybridized carbons (Fsp3) is 0.300. The van der Waals surface area contributed by atoms with E-state index in [0.717, 1.165) is 23.6 Å². The Hall–Kier alpha value is -2.49. The van der Waals surface area contributed by atoms with E-state index in [-0.39, 0.29) is 0 Å². The summed E-state index contributed by atoms with van der Waals surface area (Å²) in [5.74, 6) is 1.77. The van der Waals surface area contributed by atoms with Crippen LogP contribution in [-0.4, -0.2) is 21.9 Å². The summed E-state index contributed by atoms with van der Waals surface area (Å²) < 4.78 is 11.4. The molecule has 3 rings (SSSR count). The van der Waals surface area contributed by atoms with Crippen molar-refractivity contribution in [2.45, 2.75) is 27.2 Å². The third kappa shape index (κ3) is 5.30. The van der Waals surface area contributed by atoms with E-state index < -0.39 is 0 Å². The lowest BCUT2D eigenvalue weighted by Crippen LogP contribution is -2.00. The van der Waals surface area contributed by atoms with Crippen molar-refractivity contribution in [1.29, 1.82) is 0 Å². The van der Waals surface area contributed by atoms with Crippen molar-refractivity contribution < 1.29 is 4.39 Å². The Morgan fingerprint density at radius 3 is 2.08 bits per heavy atom. The van der Waals surface area contributed by atoms with Crippen molar-refractivity contribution in [3.63, 3.8) is 0 Å². The van der Waals surface area contributed by atoms with Gasteiger partial charge in [0.15, 0.2) is 5.82 Å². The molecule has 1 aromatic heterocycles. The summed E-state index contributed by atoms with van der Waals surface area (Å²) in [6.45, 7) is 6.10. The Morgan fingerprint density at radius 1 is 0.917 bits per heavy atom. The van der Waals surface area contributed by atoms with Gasteiger partial charge in [0, 0.05) is 19.0 Å². The number of hydrogen-bond acceptors (Lipinski definition) is 2. The van der Waals surface area contributed by atoms with Gasteiger partial charge in [-0.15, -0.1) is 0 Å². The zero-order valence-corrected chi connectivity index (χ0v) is 15.1. The van der Waals surface area contributed by atoms with Crippen LogP contribution in [0.4, 0.5) is 4.39 Å². The average molecular weight is 327 g/mol. The Bertz CT molecular complexity index is 704. The molecule has 0 N–H and O–H groups in total. The van der Waals surface area contributed by atoms with Crippen LogP contribution < -0.4 is 0 Å². The van der Waals surface area contributed by atoms with E-state index in [9.17, 15) is 4.39 Å². The van der Waals surface area contributed by atoms with Crippen LogP contribution in [0.3, 0.4) is 0 Å². The molecule has 2 aromatic carbocycles. The molecule has 0 aliphatic carbocycles. The van der Waals surface area contributed by atoms with Crippen LogP contribution in [0.5, 0.6) is 0 Å². The van der Waals surface area contributed by atoms with Gasteiger partial charge in [0.25, 0.3) is 0 Å². The molecular weight excluding hydrogens is 301 g/mol. The van der Waals surface area contributed by atoms with Crippen LogP contribution >= 0.6 is 0 Å². The van der Waals surface area contributed by atoms with Gasteiger partial charge in [0.2, 0.25) is 0 Å². The highest BCUT2D eigenvalue weighted by molar-refractivity contribution is 5.54. The van der Waals surface area contributed by atoms with E-state index in [1.807, 2.05) is 55.9 Å². The summed E-state index contributed by atoms with van der Waals surface area (Å²) in [5.41, 5.74) is 3.58. The summed E-state index contributed by atoms with van der Waals surface area (Å²) in [7, 11) is 2.45. The highest BCUT2D eigenvalue weighted by Crippen LogP contribution is 2.16. The fourth-order valence-electron chi connectivity index (χ4n) is 2.17. The molecule has 0 radical (unpaired) electrons. The van der Waals surface area contributed by atoms with Gasteiger partial charge in [-0.3, -0.25) is 9.07 Å². The minimum atomic E-state index is 0.500. The van der Waals surface area contributed by atoms with Gasteiger partial charge in [-0.05, 0) is 12.5 Å². The fourth-order valence-corrected chi connectivity index (χ4v) is 2.17. The largest absolute Gasteiger partial charge is 0.255 e. The molecule has 0 fully saturated rings. The molecule has 0 unspecified atom stereocenters. The third-order valence-electron chi connectivity index (χ3n) is 3.37. The lowest BCUT2D eigenvalue weighted by atomic mass is 10.1. The first kappa shape index (κ1) is 19.6. The molecule has 24 heavy (non-hydrogen) atoms. The van der Waals surface area contributed by atoms with E-state index >= 15 is 0 Å². The molecule has 0 spiro atoms. The zero-order chi connectivity index (χ0) is 17.9. The van der Waals surface area contributed by atoms with Crippen LogP contribution in [0.15, 0.2) is 54.6 Å². The van der Waals surface area contributed by atoms with Gasteiger partial charge in [-0.1, -0.05) is 74.0 Å². The standard InChI is InChI=1S/C17H17N3.C2H6.CH3F/c1-13-8-10-14(11-9-13)12-16-18-17(19-20(16)2)15-6-4-3-5-7-15;2*1-2/h3-11H,12H2,1-2H3;1-2H3;1H3. The summed E-state index contributed by atoms with van der Waals surface area (Å²) in [6, 6.07) is 18.6. The molecule has 0 saturated heterocycles. The molecule has 0 amide bonds. The minimum absolute atomic E-state index is 0.500.